The number of hydrogen-bond donors (Lipinski definition) is 1. The molecule has 0 aromatic heterocycles. The number of alkyl halides is 2. The molecule has 1 N–H and O–H groups in total. The standard InChI is InChI=1S/C20H24F2N2O2/c1-13-8-9-18(14(2)10-13)23-19(25)15(3)24(4)12-16-6-5-7-17(11-16)26-20(21)22/h5-11,15,20H,12H2,1-4H3,(H,23,25). The van der Waals surface area contributed by atoms with Gasteiger partial charge >= 0.3 is 6.61 Å². The van der Waals surface area contributed by atoms with Crippen LogP contribution in [-0.2, 0) is 11.3 Å². The molecule has 140 valence electrons. The van der Waals surface area contributed by atoms with Crippen LogP contribution < -0.4 is 10.1 Å². The van der Waals surface area contributed by atoms with Gasteiger partial charge in [-0.1, -0.05) is 29.8 Å². The van der Waals surface area contributed by atoms with E-state index in [1.807, 2.05) is 50.1 Å². The molecular weight excluding hydrogens is 338 g/mol. The highest BCUT2D eigenvalue weighted by Gasteiger charge is 2.19. The first-order valence-corrected chi connectivity index (χ1v) is 8.38. The van der Waals surface area contributed by atoms with Crippen LogP contribution in [-0.4, -0.2) is 30.5 Å². The molecule has 1 atom stereocenters. The zero-order chi connectivity index (χ0) is 19.3. The van der Waals surface area contributed by atoms with Gasteiger partial charge in [-0.05, 0) is 57.1 Å². The van der Waals surface area contributed by atoms with Crippen molar-refractivity contribution in [1.82, 2.24) is 4.90 Å². The second kappa shape index (κ2) is 8.76. The van der Waals surface area contributed by atoms with Gasteiger partial charge in [-0.25, -0.2) is 0 Å². The van der Waals surface area contributed by atoms with Gasteiger partial charge in [0, 0.05) is 12.2 Å². The van der Waals surface area contributed by atoms with E-state index < -0.39 is 12.7 Å². The molecule has 0 heterocycles. The maximum atomic E-state index is 12.5. The molecule has 0 radical (unpaired) electrons. The average Bonchev–Trinajstić information content (AvgIpc) is 2.56. The van der Waals surface area contributed by atoms with Gasteiger partial charge in [0.25, 0.3) is 0 Å². The number of hydrogen-bond acceptors (Lipinski definition) is 3. The second-order valence-electron chi connectivity index (χ2n) is 6.42. The number of carbonyl (C=O) groups is 1. The molecule has 2 aromatic rings. The summed E-state index contributed by atoms with van der Waals surface area (Å²) in [6.45, 7) is 3.33. The number of nitrogens with one attached hydrogen (secondary N) is 1. The van der Waals surface area contributed by atoms with Gasteiger partial charge in [0.05, 0.1) is 6.04 Å². The number of benzene rings is 2. The van der Waals surface area contributed by atoms with Gasteiger partial charge in [-0.15, -0.1) is 0 Å². The Bertz CT molecular complexity index is 765. The molecule has 0 saturated heterocycles. The molecule has 0 aliphatic heterocycles. The number of nitrogens with zero attached hydrogens (tertiary/aromatic N) is 1. The normalized spacial score (nSPS) is 12.3. The van der Waals surface area contributed by atoms with Crippen LogP contribution in [0.1, 0.15) is 23.6 Å². The average molecular weight is 362 g/mol. The van der Waals surface area contributed by atoms with E-state index in [0.29, 0.717) is 6.54 Å². The van der Waals surface area contributed by atoms with Crippen molar-refractivity contribution in [2.24, 2.45) is 0 Å². The predicted octanol–water partition coefficient (Wildman–Crippen LogP) is 4.36. The molecule has 0 fully saturated rings. The summed E-state index contributed by atoms with van der Waals surface area (Å²) in [6, 6.07) is 12.0. The molecule has 0 spiro atoms. The molecule has 4 nitrogen and oxygen atoms in total. The first-order valence-electron chi connectivity index (χ1n) is 8.38. The Labute approximate surface area is 152 Å². The molecule has 0 bridgehead atoms. The Morgan fingerprint density at radius 3 is 2.58 bits per heavy atom. The lowest BCUT2D eigenvalue weighted by Crippen LogP contribution is -2.39. The molecule has 0 saturated carbocycles. The van der Waals surface area contributed by atoms with E-state index in [0.717, 1.165) is 22.4 Å². The van der Waals surface area contributed by atoms with Crippen LogP contribution in [0.3, 0.4) is 0 Å². The lowest BCUT2D eigenvalue weighted by molar-refractivity contribution is -0.120. The van der Waals surface area contributed by atoms with Crippen LogP contribution >= 0.6 is 0 Å². The van der Waals surface area contributed by atoms with Crippen LogP contribution in [0.4, 0.5) is 14.5 Å². The van der Waals surface area contributed by atoms with Crippen LogP contribution in [0.2, 0.25) is 0 Å². The quantitative estimate of drug-likeness (QED) is 0.795. The summed E-state index contributed by atoms with van der Waals surface area (Å²) in [5, 5.41) is 2.94. The minimum atomic E-state index is -2.86. The summed E-state index contributed by atoms with van der Waals surface area (Å²) in [7, 11) is 1.81. The molecule has 1 amide bonds. The largest absolute Gasteiger partial charge is 0.435 e. The van der Waals surface area contributed by atoms with E-state index >= 15 is 0 Å². The van der Waals surface area contributed by atoms with Crippen LogP contribution in [0.5, 0.6) is 5.75 Å². The van der Waals surface area contributed by atoms with Gasteiger partial charge in [-0.3, -0.25) is 9.69 Å². The molecule has 26 heavy (non-hydrogen) atoms. The first kappa shape index (κ1) is 19.8. The van der Waals surface area contributed by atoms with Crippen molar-refractivity contribution < 1.29 is 18.3 Å². The fraction of sp³-hybridized carbons (Fsp3) is 0.350. The zero-order valence-electron chi connectivity index (χ0n) is 15.4. The number of ether oxygens (including phenoxy) is 1. The summed E-state index contributed by atoms with van der Waals surface area (Å²) >= 11 is 0. The van der Waals surface area contributed by atoms with Crippen molar-refractivity contribution in [3.63, 3.8) is 0 Å². The minimum Gasteiger partial charge on any atom is -0.435 e. The molecule has 2 aromatic carbocycles. The number of aryl methyl sites for hydroxylation is 2. The summed E-state index contributed by atoms with van der Waals surface area (Å²) in [4.78, 5) is 14.4. The summed E-state index contributed by atoms with van der Waals surface area (Å²) in [5.74, 6) is -0.0160. The van der Waals surface area contributed by atoms with Crippen molar-refractivity contribution in [3.05, 3.63) is 59.2 Å². The van der Waals surface area contributed by atoms with Crippen LogP contribution in [0, 0.1) is 13.8 Å². The molecule has 6 heteroatoms. The van der Waals surface area contributed by atoms with Crippen LogP contribution in [0.15, 0.2) is 42.5 Å². The molecule has 0 aliphatic rings. The smallest absolute Gasteiger partial charge is 0.387 e. The van der Waals surface area contributed by atoms with E-state index in [4.69, 9.17) is 0 Å². The number of rotatable bonds is 7. The lowest BCUT2D eigenvalue weighted by atomic mass is 10.1. The Balaban J connectivity index is 2.00. The van der Waals surface area contributed by atoms with Gasteiger partial charge in [0.1, 0.15) is 5.75 Å². The highest BCUT2D eigenvalue weighted by Crippen LogP contribution is 2.19. The first-order chi connectivity index (χ1) is 12.3. The van der Waals surface area contributed by atoms with Crippen molar-refractivity contribution in [3.8, 4) is 5.75 Å². The fourth-order valence-electron chi connectivity index (χ4n) is 2.64. The number of anilines is 1. The second-order valence-corrected chi connectivity index (χ2v) is 6.42. The number of likely N-dealkylation sites (N-methyl/N-ethyl adjacent to an activating group) is 1. The third kappa shape index (κ3) is 5.52. The Hall–Kier alpha value is -2.47. The zero-order valence-corrected chi connectivity index (χ0v) is 15.4. The Morgan fingerprint density at radius 1 is 1.19 bits per heavy atom. The SMILES string of the molecule is Cc1ccc(NC(=O)C(C)N(C)Cc2cccc(OC(F)F)c2)c(C)c1. The Morgan fingerprint density at radius 2 is 1.92 bits per heavy atom. The maximum Gasteiger partial charge on any atom is 0.387 e. The third-order valence-corrected chi connectivity index (χ3v) is 4.24. The molecule has 2 rings (SSSR count). The summed E-state index contributed by atoms with van der Waals surface area (Å²) < 4.78 is 29.1. The van der Waals surface area contributed by atoms with E-state index in [2.05, 4.69) is 10.1 Å². The summed E-state index contributed by atoms with van der Waals surface area (Å²) in [6.07, 6.45) is 0. The Kier molecular flexibility index (Phi) is 6.69. The number of carbonyl (C=O) groups excluding carboxylic acids is 1. The maximum absolute atomic E-state index is 12.5. The highest BCUT2D eigenvalue weighted by atomic mass is 19.3. The lowest BCUT2D eigenvalue weighted by Gasteiger charge is -2.24. The number of amides is 1. The fourth-order valence-corrected chi connectivity index (χ4v) is 2.64. The highest BCUT2D eigenvalue weighted by molar-refractivity contribution is 5.95. The topological polar surface area (TPSA) is 41.6 Å². The monoisotopic (exact) mass is 362 g/mol. The van der Waals surface area contributed by atoms with Crippen LogP contribution in [0.25, 0.3) is 0 Å². The van der Waals surface area contributed by atoms with Gasteiger partial charge in [-0.2, -0.15) is 8.78 Å². The third-order valence-electron chi connectivity index (χ3n) is 4.24. The molecular formula is C20H24F2N2O2. The van der Waals surface area contributed by atoms with Gasteiger partial charge in [0.15, 0.2) is 0 Å². The van der Waals surface area contributed by atoms with E-state index in [9.17, 15) is 13.6 Å². The van der Waals surface area contributed by atoms with Gasteiger partial charge < -0.3 is 10.1 Å². The molecule has 1 unspecified atom stereocenters. The van der Waals surface area contributed by atoms with Gasteiger partial charge in [0.2, 0.25) is 5.91 Å². The molecule has 0 aliphatic carbocycles. The van der Waals surface area contributed by atoms with E-state index in [-0.39, 0.29) is 11.7 Å². The summed E-state index contributed by atoms with van der Waals surface area (Å²) in [5.41, 5.74) is 3.71. The minimum absolute atomic E-state index is 0.110. The van der Waals surface area contributed by atoms with Crippen molar-refractivity contribution >= 4 is 11.6 Å². The van der Waals surface area contributed by atoms with Crippen molar-refractivity contribution in [2.75, 3.05) is 12.4 Å². The van der Waals surface area contributed by atoms with E-state index in [1.165, 1.54) is 6.07 Å². The number of halogens is 2. The van der Waals surface area contributed by atoms with Crippen molar-refractivity contribution in [2.45, 2.75) is 40.0 Å². The predicted molar refractivity (Wildman–Crippen MR) is 98.5 cm³/mol. The van der Waals surface area contributed by atoms with E-state index in [1.54, 1.807) is 19.1 Å². The van der Waals surface area contributed by atoms with Crippen molar-refractivity contribution in [1.29, 1.82) is 0 Å².